The molecule has 10 aromatic rings. The normalized spacial score (nSPS) is 12.0. The maximum absolute atomic E-state index is 4.73. The van der Waals surface area contributed by atoms with Crippen LogP contribution in [-0.4, -0.2) is 14.5 Å². The van der Waals surface area contributed by atoms with Crippen LogP contribution in [0.2, 0.25) is 0 Å². The Morgan fingerprint density at radius 1 is 0.511 bits per heavy atom. The third-order valence-electron chi connectivity index (χ3n) is 8.92. The van der Waals surface area contributed by atoms with E-state index in [0.29, 0.717) is 0 Å². The molecule has 0 saturated heterocycles. The molecule has 0 bridgehead atoms. The number of rotatable bonds is 3. The van der Waals surface area contributed by atoms with Gasteiger partial charge in [0.15, 0.2) is 0 Å². The Morgan fingerprint density at radius 3 is 1.89 bits per heavy atom. The van der Waals surface area contributed by atoms with Crippen LogP contribution in [0.25, 0.3) is 90.2 Å². The Bertz CT molecular complexity index is 2670. The molecule has 4 heterocycles. The second-order valence-electron chi connectivity index (χ2n) is 11.4. The highest BCUT2D eigenvalue weighted by Crippen LogP contribution is 2.51. The SMILES string of the molecule is c1ccc(-c2cc(-c3ccccc3)cc(-n3c4ccccc4c4c5sc6ncncc6c5c5sc6ccccc6c5c43)c2)cc1. The number of benzene rings is 6. The summed E-state index contributed by atoms with van der Waals surface area (Å²) in [5.41, 5.74) is 8.40. The van der Waals surface area contributed by atoms with E-state index in [9.17, 15) is 0 Å². The zero-order valence-electron chi connectivity index (χ0n) is 23.9. The Hall–Kier alpha value is -5.36. The molecule has 6 aromatic carbocycles. The highest BCUT2D eigenvalue weighted by molar-refractivity contribution is 7.30. The number of hydrogen-bond donors (Lipinski definition) is 0. The van der Waals surface area contributed by atoms with Crippen molar-refractivity contribution in [3.8, 4) is 27.9 Å². The molecule has 0 fully saturated rings. The summed E-state index contributed by atoms with van der Waals surface area (Å²) in [7, 11) is 0. The molecule has 0 radical (unpaired) electrons. The van der Waals surface area contributed by atoms with Gasteiger partial charge in [-0.2, -0.15) is 0 Å². The molecule has 0 unspecified atom stereocenters. The van der Waals surface area contributed by atoms with Gasteiger partial charge in [0.1, 0.15) is 11.2 Å². The monoisotopic (exact) mass is 609 g/mol. The van der Waals surface area contributed by atoms with Gasteiger partial charge < -0.3 is 4.57 Å². The highest BCUT2D eigenvalue weighted by Gasteiger charge is 2.25. The van der Waals surface area contributed by atoms with Crippen molar-refractivity contribution < 1.29 is 0 Å². The summed E-state index contributed by atoms with van der Waals surface area (Å²) in [5, 5.41) is 7.51. The van der Waals surface area contributed by atoms with Crippen LogP contribution in [0.15, 0.2) is 140 Å². The van der Waals surface area contributed by atoms with Crippen molar-refractivity contribution in [1.29, 1.82) is 0 Å². The molecule has 210 valence electrons. The van der Waals surface area contributed by atoms with Crippen molar-refractivity contribution in [3.05, 3.63) is 140 Å². The maximum atomic E-state index is 4.73. The van der Waals surface area contributed by atoms with Gasteiger partial charge in [-0.1, -0.05) is 97.1 Å². The zero-order valence-corrected chi connectivity index (χ0v) is 25.6. The highest BCUT2D eigenvalue weighted by atomic mass is 32.1. The van der Waals surface area contributed by atoms with E-state index in [-0.39, 0.29) is 0 Å². The molecule has 0 saturated carbocycles. The van der Waals surface area contributed by atoms with E-state index < -0.39 is 0 Å². The molecule has 0 N–H and O–H groups in total. The summed E-state index contributed by atoms with van der Waals surface area (Å²) >= 11 is 3.66. The van der Waals surface area contributed by atoms with Crippen LogP contribution in [0, 0.1) is 0 Å². The van der Waals surface area contributed by atoms with E-state index in [0.717, 1.165) is 15.9 Å². The molecule has 0 aliphatic heterocycles. The summed E-state index contributed by atoms with van der Waals surface area (Å²) in [4.78, 5) is 10.2. The number of fused-ring (bicyclic) bond motifs is 12. The Labute approximate surface area is 266 Å². The lowest BCUT2D eigenvalue weighted by atomic mass is 9.98. The van der Waals surface area contributed by atoms with Gasteiger partial charge in [-0.25, -0.2) is 9.97 Å². The van der Waals surface area contributed by atoms with E-state index in [1.54, 1.807) is 17.7 Å². The maximum Gasteiger partial charge on any atom is 0.127 e. The largest absolute Gasteiger partial charge is 0.308 e. The summed E-state index contributed by atoms with van der Waals surface area (Å²) in [6, 6.07) is 46.2. The van der Waals surface area contributed by atoms with Crippen molar-refractivity contribution in [2.24, 2.45) is 0 Å². The van der Waals surface area contributed by atoms with Gasteiger partial charge in [-0.15, -0.1) is 22.7 Å². The Balaban J connectivity index is 1.45. The van der Waals surface area contributed by atoms with Crippen LogP contribution in [0.3, 0.4) is 0 Å². The minimum Gasteiger partial charge on any atom is -0.308 e. The minimum atomic E-state index is 1.03. The average Bonchev–Trinajstić information content (AvgIpc) is 3.78. The van der Waals surface area contributed by atoms with Crippen molar-refractivity contribution >= 4 is 85.0 Å². The minimum absolute atomic E-state index is 1.03. The molecule has 10 rings (SSSR count). The fraction of sp³-hybridized carbons (Fsp3) is 0. The van der Waals surface area contributed by atoms with Gasteiger partial charge >= 0.3 is 0 Å². The van der Waals surface area contributed by atoms with Gasteiger partial charge in [0.2, 0.25) is 0 Å². The lowest BCUT2D eigenvalue weighted by Gasteiger charge is -2.15. The summed E-state index contributed by atoms with van der Waals surface area (Å²) < 4.78 is 6.38. The van der Waals surface area contributed by atoms with Crippen LogP contribution < -0.4 is 0 Å². The third-order valence-corrected chi connectivity index (χ3v) is 11.2. The van der Waals surface area contributed by atoms with Gasteiger partial charge in [0.05, 0.1) is 11.0 Å². The molecule has 0 spiro atoms. The molecular formula is C40H23N3S2. The molecule has 0 atom stereocenters. The second-order valence-corrected chi connectivity index (χ2v) is 13.5. The topological polar surface area (TPSA) is 30.7 Å². The molecule has 4 aromatic heterocycles. The van der Waals surface area contributed by atoms with Crippen molar-refractivity contribution in [3.63, 3.8) is 0 Å². The fourth-order valence-corrected chi connectivity index (χ4v) is 9.52. The first-order valence-corrected chi connectivity index (χ1v) is 16.6. The summed E-state index contributed by atoms with van der Waals surface area (Å²) in [6.07, 6.45) is 3.66. The third kappa shape index (κ3) is 3.62. The van der Waals surface area contributed by atoms with Gasteiger partial charge in [0.25, 0.3) is 0 Å². The van der Waals surface area contributed by atoms with E-state index >= 15 is 0 Å². The first-order valence-electron chi connectivity index (χ1n) is 15.0. The van der Waals surface area contributed by atoms with E-state index in [1.807, 2.05) is 17.5 Å². The molecule has 0 aliphatic carbocycles. The molecular weight excluding hydrogens is 587 g/mol. The van der Waals surface area contributed by atoms with Gasteiger partial charge in [0, 0.05) is 58.3 Å². The first-order chi connectivity index (χ1) is 22.3. The molecule has 3 nitrogen and oxygen atoms in total. The predicted octanol–water partition coefficient (Wildman–Crippen LogP) is 11.6. The molecule has 5 heteroatoms. The predicted molar refractivity (Wildman–Crippen MR) is 193 cm³/mol. The lowest BCUT2D eigenvalue weighted by Crippen LogP contribution is -1.96. The number of hydrogen-bond acceptors (Lipinski definition) is 4. The van der Waals surface area contributed by atoms with Crippen LogP contribution in [0.1, 0.15) is 0 Å². The number of para-hydroxylation sites is 1. The van der Waals surface area contributed by atoms with Crippen LogP contribution in [0.5, 0.6) is 0 Å². The fourth-order valence-electron chi connectivity index (χ4n) is 7.01. The average molecular weight is 610 g/mol. The number of aromatic nitrogens is 3. The van der Waals surface area contributed by atoms with Gasteiger partial charge in [-0.3, -0.25) is 0 Å². The Morgan fingerprint density at radius 2 is 1.13 bits per heavy atom. The number of nitrogens with zero attached hydrogens (tertiary/aromatic N) is 3. The van der Waals surface area contributed by atoms with E-state index in [4.69, 9.17) is 4.98 Å². The van der Waals surface area contributed by atoms with E-state index in [1.165, 1.54) is 74.3 Å². The van der Waals surface area contributed by atoms with Crippen LogP contribution >= 0.6 is 22.7 Å². The molecule has 0 aliphatic rings. The second kappa shape index (κ2) is 9.57. The Kier molecular flexibility index (Phi) is 5.32. The van der Waals surface area contributed by atoms with Crippen molar-refractivity contribution in [1.82, 2.24) is 14.5 Å². The zero-order chi connectivity index (χ0) is 29.5. The van der Waals surface area contributed by atoms with Crippen LogP contribution in [-0.2, 0) is 0 Å². The summed E-state index contributed by atoms with van der Waals surface area (Å²) in [5.74, 6) is 0. The van der Waals surface area contributed by atoms with Crippen LogP contribution in [0.4, 0.5) is 0 Å². The standard InChI is InChI=1S/C40H23N3S2/c1-3-11-24(12-4-1)26-19-27(25-13-5-2-6-14-25)21-28(20-26)43-32-17-9-7-15-29(32)34-37(43)35-30-16-8-10-18-33(30)44-38(35)36-31-22-41-23-42-40(31)45-39(34)36/h1-23H. The van der Waals surface area contributed by atoms with Crippen molar-refractivity contribution in [2.75, 3.05) is 0 Å². The lowest BCUT2D eigenvalue weighted by molar-refractivity contribution is 1.19. The van der Waals surface area contributed by atoms with E-state index in [2.05, 4.69) is 137 Å². The quantitative estimate of drug-likeness (QED) is 0.199. The van der Waals surface area contributed by atoms with Crippen molar-refractivity contribution in [2.45, 2.75) is 0 Å². The smallest absolute Gasteiger partial charge is 0.127 e. The van der Waals surface area contributed by atoms with Gasteiger partial charge in [-0.05, 0) is 52.6 Å². The summed E-state index contributed by atoms with van der Waals surface area (Å²) in [6.45, 7) is 0. The number of thiophene rings is 2. The molecule has 0 amide bonds. The first kappa shape index (κ1) is 25.0. The molecule has 45 heavy (non-hydrogen) atoms.